The molecular weight excluding hydrogens is 528 g/mol. The van der Waals surface area contributed by atoms with Gasteiger partial charge in [0.15, 0.2) is 6.10 Å². The molecule has 0 fully saturated rings. The largest absolute Gasteiger partial charge is 0.479 e. The van der Waals surface area contributed by atoms with Crippen LogP contribution in [-0.4, -0.2) is 78.2 Å². The normalized spacial score (nSPS) is 12.2. The van der Waals surface area contributed by atoms with E-state index in [0.29, 0.717) is 6.26 Å². The van der Waals surface area contributed by atoms with Crippen LogP contribution in [0.1, 0.15) is 22.3 Å². The van der Waals surface area contributed by atoms with Gasteiger partial charge < -0.3 is 19.7 Å². The smallest absolute Gasteiger partial charge is 0.392 e. The molecule has 0 aliphatic rings. The summed E-state index contributed by atoms with van der Waals surface area (Å²) in [6.45, 7) is 0. The maximum atomic E-state index is 12.1. The first kappa shape index (κ1) is 27.9. The van der Waals surface area contributed by atoms with Gasteiger partial charge in [0, 0.05) is 18.9 Å². The van der Waals surface area contributed by atoms with Crippen LogP contribution in [-0.2, 0) is 24.5 Å². The molecule has 0 amide bonds. The summed E-state index contributed by atoms with van der Waals surface area (Å²) in [5.41, 5.74) is -1.99. The Hall–Kier alpha value is -4.37. The summed E-state index contributed by atoms with van der Waals surface area (Å²) >= 11 is 0. The van der Waals surface area contributed by atoms with Crippen LogP contribution in [0, 0.1) is 21.4 Å². The maximum absolute atomic E-state index is 12.1. The second kappa shape index (κ2) is 10.5. The molecule has 192 valence electrons. The van der Waals surface area contributed by atoms with Gasteiger partial charge in [-0.2, -0.15) is 15.2 Å². The quantitative estimate of drug-likeness (QED) is 0.221. The Morgan fingerprint density at radius 1 is 1.17 bits per heavy atom. The van der Waals surface area contributed by atoms with Crippen LogP contribution in [0.4, 0.5) is 5.69 Å². The lowest BCUT2D eigenvalue weighted by Gasteiger charge is -2.16. The van der Waals surface area contributed by atoms with Crippen molar-refractivity contribution in [3.63, 3.8) is 0 Å². The molecule has 16 nitrogen and oxygen atoms in total. The van der Waals surface area contributed by atoms with Crippen LogP contribution in [0.2, 0.25) is 0 Å². The van der Waals surface area contributed by atoms with Crippen LogP contribution in [0.15, 0.2) is 23.4 Å². The number of nitro groups is 1. The number of hydrogen-bond donors (Lipinski definition) is 2. The number of ether oxygens (including phenoxy) is 2. The number of benzene rings is 1. The van der Waals surface area contributed by atoms with Crippen molar-refractivity contribution in [2.45, 2.75) is 17.7 Å². The highest BCUT2D eigenvalue weighted by Gasteiger charge is 2.35. The molecule has 0 saturated carbocycles. The number of nitriles is 1. The van der Waals surface area contributed by atoms with Crippen molar-refractivity contribution in [1.29, 1.82) is 5.26 Å². The first-order valence-electron chi connectivity index (χ1n) is 9.32. The fraction of sp³-hybridized carbons (Fsp3) is 0.278. The molecule has 0 saturated heterocycles. The third-order valence-electron chi connectivity index (χ3n) is 4.14. The molecule has 1 heterocycles. The van der Waals surface area contributed by atoms with E-state index < -0.39 is 88.7 Å². The van der Waals surface area contributed by atoms with Crippen molar-refractivity contribution in [2.24, 2.45) is 0 Å². The molecule has 0 aliphatic carbocycles. The molecular formula is C18H16N4O12S2. The number of hydrogen-bond acceptors (Lipinski definition) is 13. The second-order valence-corrected chi connectivity index (χ2v) is 11.3. The average molecular weight is 544 g/mol. The number of carboxylic acid groups (broad SMARTS) is 2. The third kappa shape index (κ3) is 7.07. The van der Waals surface area contributed by atoms with Gasteiger partial charge in [-0.1, -0.05) is 0 Å². The summed E-state index contributed by atoms with van der Waals surface area (Å²) in [4.78, 5) is 40.6. The molecule has 0 bridgehead atoms. The summed E-state index contributed by atoms with van der Waals surface area (Å²) < 4.78 is 57.3. The van der Waals surface area contributed by atoms with E-state index >= 15 is 0 Å². The summed E-state index contributed by atoms with van der Waals surface area (Å²) in [5.74, 6) is -6.99. The SMILES string of the molecule is CS(=O)(=O)CCC(Oc1nc(S(C)(=O)=O)nc(Oc2cc(C#N)ccc2C(=O)O)c1[N+](=O)[O-])C(=O)O. The number of aromatic carboxylic acids is 1. The molecule has 0 aliphatic heterocycles. The number of aliphatic carboxylic acids is 1. The van der Waals surface area contributed by atoms with E-state index in [1.165, 1.54) is 0 Å². The highest BCUT2D eigenvalue weighted by atomic mass is 32.2. The lowest BCUT2D eigenvalue weighted by Crippen LogP contribution is -2.30. The molecule has 1 atom stereocenters. The van der Waals surface area contributed by atoms with E-state index in [4.69, 9.17) is 14.7 Å². The van der Waals surface area contributed by atoms with Crippen LogP contribution >= 0.6 is 0 Å². The molecule has 0 radical (unpaired) electrons. The van der Waals surface area contributed by atoms with Gasteiger partial charge in [0.1, 0.15) is 21.2 Å². The van der Waals surface area contributed by atoms with Crippen molar-refractivity contribution in [2.75, 3.05) is 18.3 Å². The molecule has 0 spiro atoms. The second-order valence-electron chi connectivity index (χ2n) is 7.09. The molecule has 1 unspecified atom stereocenters. The first-order valence-corrected chi connectivity index (χ1v) is 13.3. The van der Waals surface area contributed by atoms with E-state index in [2.05, 4.69) is 9.97 Å². The van der Waals surface area contributed by atoms with Gasteiger partial charge in [-0.05, 0) is 18.2 Å². The van der Waals surface area contributed by atoms with Gasteiger partial charge >= 0.3 is 29.4 Å². The predicted octanol–water partition coefficient (Wildman–Crippen LogP) is 0.417. The number of carboxylic acids is 2. The van der Waals surface area contributed by atoms with Crippen LogP contribution in [0.25, 0.3) is 0 Å². The molecule has 36 heavy (non-hydrogen) atoms. The number of sulfone groups is 2. The average Bonchev–Trinajstić information content (AvgIpc) is 2.74. The monoisotopic (exact) mass is 544 g/mol. The highest BCUT2D eigenvalue weighted by molar-refractivity contribution is 7.90. The van der Waals surface area contributed by atoms with Crippen molar-refractivity contribution < 1.29 is 51.0 Å². The number of aromatic nitrogens is 2. The van der Waals surface area contributed by atoms with Crippen molar-refractivity contribution in [3.05, 3.63) is 39.4 Å². The molecule has 18 heteroatoms. The van der Waals surface area contributed by atoms with Gasteiger partial charge in [-0.15, -0.1) is 0 Å². The van der Waals surface area contributed by atoms with Crippen LogP contribution < -0.4 is 9.47 Å². The number of rotatable bonds is 11. The minimum absolute atomic E-state index is 0.127. The fourth-order valence-electron chi connectivity index (χ4n) is 2.52. The number of carbonyl (C=O) groups is 2. The van der Waals surface area contributed by atoms with Crippen molar-refractivity contribution in [1.82, 2.24) is 9.97 Å². The van der Waals surface area contributed by atoms with E-state index in [1.807, 2.05) is 0 Å². The lowest BCUT2D eigenvalue weighted by molar-refractivity contribution is -0.387. The lowest BCUT2D eigenvalue weighted by atomic mass is 10.1. The van der Waals surface area contributed by atoms with Gasteiger partial charge in [-0.3, -0.25) is 10.1 Å². The molecule has 2 rings (SSSR count). The fourth-order valence-corrected chi connectivity index (χ4v) is 3.66. The number of nitrogens with zero attached hydrogens (tertiary/aromatic N) is 4. The highest BCUT2D eigenvalue weighted by Crippen LogP contribution is 2.39. The minimum Gasteiger partial charge on any atom is -0.479 e. The Morgan fingerprint density at radius 3 is 2.25 bits per heavy atom. The van der Waals surface area contributed by atoms with Gasteiger partial charge in [0.25, 0.3) is 5.16 Å². The van der Waals surface area contributed by atoms with E-state index in [-0.39, 0.29) is 5.56 Å². The Morgan fingerprint density at radius 2 is 1.78 bits per heavy atom. The van der Waals surface area contributed by atoms with Gasteiger partial charge in [0.2, 0.25) is 9.84 Å². The zero-order valence-corrected chi connectivity index (χ0v) is 19.9. The molecule has 2 N–H and O–H groups in total. The molecule has 1 aromatic heterocycles. The summed E-state index contributed by atoms with van der Waals surface area (Å²) in [6, 6.07) is 4.64. The molecule has 2 aromatic rings. The summed E-state index contributed by atoms with van der Waals surface area (Å²) in [7, 11) is -8.01. The third-order valence-corrected chi connectivity index (χ3v) is 5.96. The van der Waals surface area contributed by atoms with Crippen LogP contribution in [0.3, 0.4) is 0 Å². The summed E-state index contributed by atoms with van der Waals surface area (Å²) in [5, 5.41) is 38.5. The van der Waals surface area contributed by atoms with Gasteiger partial charge in [-0.25, -0.2) is 26.4 Å². The topological polar surface area (TPSA) is 254 Å². The summed E-state index contributed by atoms with van der Waals surface area (Å²) in [6.07, 6.45) is -1.29. The Balaban J connectivity index is 2.76. The standard InChI is InChI=1S/C18H16N4O12S2/c1-35(29,30)6-5-11(17(25)26)33-14-13(22(27)28)15(21-18(20-14)36(2,31)32)34-12-7-9(8-19)3-4-10(12)16(23)24/h3-4,7,11H,5-6H2,1-2H3,(H,23,24)(H,25,26). The van der Waals surface area contributed by atoms with Gasteiger partial charge in [0.05, 0.1) is 22.3 Å². The van der Waals surface area contributed by atoms with Crippen molar-refractivity contribution >= 4 is 37.3 Å². The van der Waals surface area contributed by atoms with E-state index in [1.54, 1.807) is 6.07 Å². The Bertz CT molecular complexity index is 1500. The zero-order chi connectivity index (χ0) is 27.4. The Labute approximate surface area is 202 Å². The maximum Gasteiger partial charge on any atom is 0.392 e. The van der Waals surface area contributed by atoms with Crippen LogP contribution in [0.5, 0.6) is 17.5 Å². The molecule has 1 aromatic carbocycles. The van der Waals surface area contributed by atoms with E-state index in [0.717, 1.165) is 24.5 Å². The minimum atomic E-state index is -4.33. The zero-order valence-electron chi connectivity index (χ0n) is 18.3. The predicted molar refractivity (Wildman–Crippen MR) is 116 cm³/mol. The first-order chi connectivity index (χ1) is 16.5. The van der Waals surface area contributed by atoms with Crippen molar-refractivity contribution in [3.8, 4) is 23.6 Å². The van der Waals surface area contributed by atoms with E-state index in [9.17, 15) is 46.8 Å². The Kier molecular flexibility index (Phi) is 8.12.